The zero-order chi connectivity index (χ0) is 17.7. The second kappa shape index (κ2) is 11.5. The predicted octanol–water partition coefficient (Wildman–Crippen LogP) is 7.52. The Kier molecular flexibility index (Phi) is 8.90. The molecule has 25 heavy (non-hydrogen) atoms. The molecule has 0 fully saturated rings. The molecule has 0 unspecified atom stereocenters. The number of hydrogen-bond donors (Lipinski definition) is 0. The highest BCUT2D eigenvalue weighted by Gasteiger charge is 1.99. The van der Waals surface area contributed by atoms with E-state index in [1.54, 1.807) is 0 Å². The average Bonchev–Trinajstić information content (AvgIpc) is 2.66. The summed E-state index contributed by atoms with van der Waals surface area (Å²) < 4.78 is 5.82. The minimum absolute atomic E-state index is 0.818. The van der Waals surface area contributed by atoms with E-state index in [4.69, 9.17) is 4.74 Å². The molecule has 0 aromatic heterocycles. The monoisotopic (exact) mass is 336 g/mol. The molecule has 1 nitrogen and oxygen atoms in total. The van der Waals surface area contributed by atoms with E-state index in [0.717, 1.165) is 25.2 Å². The van der Waals surface area contributed by atoms with E-state index in [-0.39, 0.29) is 0 Å². The van der Waals surface area contributed by atoms with Gasteiger partial charge in [0.25, 0.3) is 0 Å². The third-order valence-electron chi connectivity index (χ3n) is 4.40. The second-order valence-electron chi connectivity index (χ2n) is 6.60. The topological polar surface area (TPSA) is 9.23 Å². The molecule has 0 N–H and O–H groups in total. The molecule has 0 bridgehead atoms. The van der Waals surface area contributed by atoms with Crippen LogP contribution in [0.3, 0.4) is 0 Å². The molecule has 0 aliphatic heterocycles. The molecule has 0 aliphatic carbocycles. The molecule has 0 spiro atoms. The number of benzene rings is 2. The summed E-state index contributed by atoms with van der Waals surface area (Å²) in [6.07, 6.45) is 13.1. The third kappa shape index (κ3) is 7.17. The Morgan fingerprint density at radius 1 is 0.720 bits per heavy atom. The van der Waals surface area contributed by atoms with Gasteiger partial charge in [-0.05, 0) is 41.7 Å². The second-order valence-corrected chi connectivity index (χ2v) is 6.60. The number of rotatable bonds is 11. The van der Waals surface area contributed by atoms with Crippen LogP contribution < -0.4 is 4.74 Å². The fraction of sp³-hybridized carbons (Fsp3) is 0.417. The van der Waals surface area contributed by atoms with Crippen LogP contribution in [0, 0.1) is 0 Å². The fourth-order valence-electron chi connectivity index (χ4n) is 2.79. The number of unbranched alkanes of at least 4 members (excludes halogenated alkanes) is 5. The van der Waals surface area contributed by atoms with E-state index >= 15 is 0 Å². The Balaban J connectivity index is 1.85. The highest BCUT2D eigenvalue weighted by molar-refractivity contribution is 5.66. The first-order valence-electron chi connectivity index (χ1n) is 9.83. The number of hydrogen-bond acceptors (Lipinski definition) is 1. The molecule has 0 amide bonds. The maximum absolute atomic E-state index is 5.82. The molecule has 1 heteroatoms. The Labute approximate surface area is 153 Å². The lowest BCUT2D eigenvalue weighted by atomic mass is 10.0. The van der Waals surface area contributed by atoms with Crippen LogP contribution >= 0.6 is 0 Å². The van der Waals surface area contributed by atoms with Crippen LogP contribution in [0.1, 0.15) is 64.4 Å². The highest BCUT2D eigenvalue weighted by atomic mass is 16.5. The van der Waals surface area contributed by atoms with Crippen LogP contribution in [0.5, 0.6) is 5.75 Å². The fourth-order valence-corrected chi connectivity index (χ4v) is 2.79. The van der Waals surface area contributed by atoms with Crippen LogP contribution in [0.2, 0.25) is 0 Å². The Hall–Kier alpha value is -2.02. The maximum Gasteiger partial charge on any atom is 0.119 e. The van der Waals surface area contributed by atoms with Crippen LogP contribution in [-0.2, 0) is 0 Å². The molecule has 134 valence electrons. The molecule has 0 saturated carbocycles. The normalized spacial score (nSPS) is 11.1. The summed E-state index contributed by atoms with van der Waals surface area (Å²) in [5.41, 5.74) is 3.76. The number of ether oxygens (including phenoxy) is 1. The van der Waals surface area contributed by atoms with Gasteiger partial charge in [-0.3, -0.25) is 0 Å². The Morgan fingerprint density at radius 3 is 2.00 bits per heavy atom. The van der Waals surface area contributed by atoms with Crippen molar-refractivity contribution in [2.24, 2.45) is 0 Å². The van der Waals surface area contributed by atoms with Crippen molar-refractivity contribution in [1.29, 1.82) is 0 Å². The van der Waals surface area contributed by atoms with Crippen molar-refractivity contribution in [2.75, 3.05) is 6.61 Å². The molecule has 0 heterocycles. The van der Waals surface area contributed by atoms with E-state index in [1.165, 1.54) is 48.8 Å². The first kappa shape index (κ1) is 19.3. The van der Waals surface area contributed by atoms with Crippen LogP contribution in [0.25, 0.3) is 17.2 Å². The first-order chi connectivity index (χ1) is 12.3. The quantitative estimate of drug-likeness (QED) is 0.386. The molecule has 2 rings (SSSR count). The predicted molar refractivity (Wildman–Crippen MR) is 110 cm³/mol. The third-order valence-corrected chi connectivity index (χ3v) is 4.40. The minimum atomic E-state index is 0.818. The van der Waals surface area contributed by atoms with Crippen molar-refractivity contribution in [3.05, 3.63) is 60.2 Å². The van der Waals surface area contributed by atoms with Gasteiger partial charge in [-0.2, -0.15) is 0 Å². The van der Waals surface area contributed by atoms with E-state index in [9.17, 15) is 0 Å². The largest absolute Gasteiger partial charge is 0.494 e. The summed E-state index contributed by atoms with van der Waals surface area (Å²) in [7, 11) is 0. The molecule has 0 radical (unpaired) electrons. The first-order valence-corrected chi connectivity index (χ1v) is 9.83. The van der Waals surface area contributed by atoms with Gasteiger partial charge < -0.3 is 4.74 Å². The molecule has 2 aromatic rings. The van der Waals surface area contributed by atoms with Crippen molar-refractivity contribution in [3.63, 3.8) is 0 Å². The average molecular weight is 337 g/mol. The van der Waals surface area contributed by atoms with Gasteiger partial charge in [0, 0.05) is 0 Å². The smallest absolute Gasteiger partial charge is 0.119 e. The summed E-state index contributed by atoms with van der Waals surface area (Å²) >= 11 is 0. The molecule has 0 atom stereocenters. The summed E-state index contributed by atoms with van der Waals surface area (Å²) in [5, 5.41) is 0. The van der Waals surface area contributed by atoms with Gasteiger partial charge >= 0.3 is 0 Å². The van der Waals surface area contributed by atoms with Gasteiger partial charge in [0.05, 0.1) is 6.61 Å². The van der Waals surface area contributed by atoms with Gasteiger partial charge in [0.2, 0.25) is 0 Å². The summed E-state index contributed by atoms with van der Waals surface area (Å²) in [5.74, 6) is 0.968. The van der Waals surface area contributed by atoms with Crippen molar-refractivity contribution in [3.8, 4) is 16.9 Å². The van der Waals surface area contributed by atoms with Crippen molar-refractivity contribution in [2.45, 2.75) is 58.8 Å². The molecule has 0 aliphatic rings. The van der Waals surface area contributed by atoms with Crippen LogP contribution in [-0.4, -0.2) is 6.61 Å². The summed E-state index contributed by atoms with van der Waals surface area (Å²) in [4.78, 5) is 0. The molecular formula is C24H32O. The van der Waals surface area contributed by atoms with Gasteiger partial charge in [-0.25, -0.2) is 0 Å². The van der Waals surface area contributed by atoms with Crippen LogP contribution in [0.15, 0.2) is 54.6 Å². The van der Waals surface area contributed by atoms with Crippen molar-refractivity contribution >= 4 is 6.08 Å². The molecule has 0 saturated heterocycles. The Bertz CT molecular complexity index is 608. The highest BCUT2D eigenvalue weighted by Crippen LogP contribution is 2.23. The zero-order valence-corrected chi connectivity index (χ0v) is 15.8. The van der Waals surface area contributed by atoms with Gasteiger partial charge in [0.15, 0.2) is 0 Å². The minimum Gasteiger partial charge on any atom is -0.494 e. The molecule has 2 aromatic carbocycles. The van der Waals surface area contributed by atoms with E-state index < -0.39 is 0 Å². The van der Waals surface area contributed by atoms with E-state index in [1.807, 2.05) is 0 Å². The molecular weight excluding hydrogens is 304 g/mol. The Morgan fingerprint density at radius 2 is 1.36 bits per heavy atom. The maximum atomic E-state index is 5.82. The van der Waals surface area contributed by atoms with Gasteiger partial charge in [0.1, 0.15) is 5.75 Å². The summed E-state index contributed by atoms with van der Waals surface area (Å²) in [6.45, 7) is 5.28. The van der Waals surface area contributed by atoms with E-state index in [0.29, 0.717) is 0 Å². The lowest BCUT2D eigenvalue weighted by molar-refractivity contribution is 0.305. The zero-order valence-electron chi connectivity index (χ0n) is 15.8. The van der Waals surface area contributed by atoms with Crippen molar-refractivity contribution in [1.82, 2.24) is 0 Å². The van der Waals surface area contributed by atoms with Gasteiger partial charge in [-0.1, -0.05) is 94.5 Å². The SMILES string of the molecule is CCCCC=Cc1ccc(-c2ccc(OCCCCCC)cc2)cc1. The lowest BCUT2D eigenvalue weighted by Gasteiger charge is -2.07. The lowest BCUT2D eigenvalue weighted by Crippen LogP contribution is -1.96. The standard InChI is InChI=1S/C24H32O/c1-3-5-7-9-11-21-12-14-22(15-13-21)23-16-18-24(19-17-23)25-20-10-8-6-4-2/h9,11-19H,3-8,10,20H2,1-2H3. The number of allylic oxidation sites excluding steroid dienone is 1. The van der Waals surface area contributed by atoms with Crippen molar-refractivity contribution < 1.29 is 4.74 Å². The van der Waals surface area contributed by atoms with Gasteiger partial charge in [-0.15, -0.1) is 0 Å². The van der Waals surface area contributed by atoms with Crippen LogP contribution in [0.4, 0.5) is 0 Å². The summed E-state index contributed by atoms with van der Waals surface area (Å²) in [6, 6.07) is 17.2. The van der Waals surface area contributed by atoms with E-state index in [2.05, 4.69) is 74.5 Å².